The number of ether oxygens (including phenoxy) is 1. The van der Waals surface area contributed by atoms with E-state index in [4.69, 9.17) is 0 Å². The molecule has 0 spiro atoms. The third-order valence-electron chi connectivity index (χ3n) is 5.16. The van der Waals surface area contributed by atoms with Crippen LogP contribution in [-0.4, -0.2) is 29.0 Å². The highest BCUT2D eigenvalue weighted by atomic mass is 19.3. The first-order chi connectivity index (χ1) is 14.5. The number of alkyl halides is 2. The number of fused-ring (bicyclic) bond motifs is 2. The van der Waals surface area contributed by atoms with Crippen molar-refractivity contribution in [3.05, 3.63) is 64.2 Å². The van der Waals surface area contributed by atoms with Gasteiger partial charge in [-0.15, -0.1) is 0 Å². The van der Waals surface area contributed by atoms with Crippen molar-refractivity contribution in [2.24, 2.45) is 0 Å². The number of benzene rings is 2. The lowest BCUT2D eigenvalue weighted by Gasteiger charge is -2.31. The van der Waals surface area contributed by atoms with E-state index in [1.54, 1.807) is 24.3 Å². The van der Waals surface area contributed by atoms with Crippen molar-refractivity contribution in [3.8, 4) is 5.75 Å². The SMILES string of the molecule is O=C(CCCc1nc2ccccc2c(=O)[nH]1)N1CCCc2cccc(OC(F)F)c21. The van der Waals surface area contributed by atoms with Gasteiger partial charge in [0.05, 0.1) is 16.6 Å². The Morgan fingerprint density at radius 3 is 2.87 bits per heavy atom. The number of carbonyl (C=O) groups excluding carboxylic acids is 1. The molecule has 8 heteroatoms. The predicted octanol–water partition coefficient (Wildman–Crippen LogP) is 3.83. The van der Waals surface area contributed by atoms with Gasteiger partial charge >= 0.3 is 6.61 Å². The number of aromatic nitrogens is 2. The number of para-hydroxylation sites is 2. The average molecular weight is 413 g/mol. The molecular formula is C22H21F2N3O3. The number of halogens is 2. The van der Waals surface area contributed by atoms with Crippen LogP contribution in [0.2, 0.25) is 0 Å². The molecule has 6 nitrogen and oxygen atoms in total. The molecule has 0 saturated heterocycles. The van der Waals surface area contributed by atoms with E-state index in [0.29, 0.717) is 48.2 Å². The number of hydrogen-bond acceptors (Lipinski definition) is 4. The Balaban J connectivity index is 1.46. The number of nitrogens with one attached hydrogen (secondary N) is 1. The van der Waals surface area contributed by atoms with Crippen LogP contribution >= 0.6 is 0 Å². The number of carbonyl (C=O) groups is 1. The maximum atomic E-state index is 12.9. The maximum absolute atomic E-state index is 12.9. The second-order valence-corrected chi connectivity index (χ2v) is 7.17. The normalized spacial score (nSPS) is 13.5. The summed E-state index contributed by atoms with van der Waals surface area (Å²) in [6, 6.07) is 12.0. The summed E-state index contributed by atoms with van der Waals surface area (Å²) in [5.74, 6) is 0.382. The summed E-state index contributed by atoms with van der Waals surface area (Å²) in [6.45, 7) is -2.49. The molecule has 156 valence electrons. The standard InChI is InChI=1S/C22H21F2N3O3/c23-22(24)30-17-10-3-6-14-7-5-13-27(20(14)17)19(28)12-4-11-18-25-16-9-2-1-8-15(16)21(29)26-18/h1-3,6,8-10,22H,4-5,7,11-13H2,(H,25,26,29). The van der Waals surface area contributed by atoms with Gasteiger partial charge in [0.25, 0.3) is 5.56 Å². The van der Waals surface area contributed by atoms with E-state index < -0.39 is 6.61 Å². The molecule has 0 aliphatic carbocycles. The van der Waals surface area contributed by atoms with Crippen LogP contribution in [0.15, 0.2) is 47.3 Å². The van der Waals surface area contributed by atoms with Gasteiger partial charge in [-0.25, -0.2) is 4.98 Å². The van der Waals surface area contributed by atoms with Crippen molar-refractivity contribution in [3.63, 3.8) is 0 Å². The lowest BCUT2D eigenvalue weighted by Crippen LogP contribution is -2.36. The number of aryl methyl sites for hydroxylation is 2. The van der Waals surface area contributed by atoms with Crippen molar-refractivity contribution >= 4 is 22.5 Å². The van der Waals surface area contributed by atoms with Gasteiger partial charge in [0.1, 0.15) is 11.6 Å². The number of rotatable bonds is 6. The Morgan fingerprint density at radius 1 is 1.20 bits per heavy atom. The molecule has 2 heterocycles. The van der Waals surface area contributed by atoms with Crippen LogP contribution in [0.25, 0.3) is 10.9 Å². The minimum absolute atomic E-state index is 0.0241. The number of H-pyrrole nitrogens is 1. The largest absolute Gasteiger partial charge is 0.433 e. The average Bonchev–Trinajstić information content (AvgIpc) is 2.73. The fourth-order valence-corrected chi connectivity index (χ4v) is 3.85. The Morgan fingerprint density at radius 2 is 2.03 bits per heavy atom. The second kappa shape index (κ2) is 8.61. The molecular weight excluding hydrogens is 392 g/mol. The third-order valence-corrected chi connectivity index (χ3v) is 5.16. The number of aromatic amines is 1. The summed E-state index contributed by atoms with van der Waals surface area (Å²) in [5, 5.41) is 0.522. The van der Waals surface area contributed by atoms with E-state index in [2.05, 4.69) is 14.7 Å². The Bertz CT molecular complexity index is 1130. The number of nitrogens with zero attached hydrogens (tertiary/aromatic N) is 2. The van der Waals surface area contributed by atoms with Crippen molar-refractivity contribution in [1.29, 1.82) is 0 Å². The van der Waals surface area contributed by atoms with E-state index >= 15 is 0 Å². The molecule has 30 heavy (non-hydrogen) atoms. The summed E-state index contributed by atoms with van der Waals surface area (Å²) >= 11 is 0. The molecule has 2 aromatic carbocycles. The zero-order chi connectivity index (χ0) is 21.1. The van der Waals surface area contributed by atoms with E-state index in [0.717, 1.165) is 12.0 Å². The minimum Gasteiger partial charge on any atom is -0.433 e. The van der Waals surface area contributed by atoms with Gasteiger partial charge in [-0.3, -0.25) is 9.59 Å². The summed E-state index contributed by atoms with van der Waals surface area (Å²) < 4.78 is 30.2. The van der Waals surface area contributed by atoms with Gasteiger partial charge in [-0.2, -0.15) is 8.78 Å². The van der Waals surface area contributed by atoms with Crippen molar-refractivity contribution in [1.82, 2.24) is 9.97 Å². The smallest absolute Gasteiger partial charge is 0.387 e. The van der Waals surface area contributed by atoms with Gasteiger partial charge in [0.2, 0.25) is 5.91 Å². The predicted molar refractivity (Wildman–Crippen MR) is 109 cm³/mol. The highest BCUT2D eigenvalue weighted by Gasteiger charge is 2.26. The summed E-state index contributed by atoms with van der Waals surface area (Å²) in [5.41, 5.74) is 1.67. The molecule has 3 aromatic rings. The Labute approximate surface area is 171 Å². The van der Waals surface area contributed by atoms with Crippen molar-refractivity contribution in [2.45, 2.75) is 38.7 Å². The van der Waals surface area contributed by atoms with Crippen LogP contribution in [0.3, 0.4) is 0 Å². The molecule has 0 saturated carbocycles. The second-order valence-electron chi connectivity index (χ2n) is 7.17. The van der Waals surface area contributed by atoms with Gasteiger partial charge in [0.15, 0.2) is 0 Å². The fourth-order valence-electron chi connectivity index (χ4n) is 3.85. The van der Waals surface area contributed by atoms with E-state index in [-0.39, 0.29) is 23.6 Å². The molecule has 1 N–H and O–H groups in total. The molecule has 0 unspecified atom stereocenters. The van der Waals surface area contributed by atoms with Gasteiger partial charge in [0, 0.05) is 19.4 Å². The fraction of sp³-hybridized carbons (Fsp3) is 0.318. The minimum atomic E-state index is -2.95. The molecule has 0 radical (unpaired) electrons. The van der Waals surface area contributed by atoms with Gasteiger partial charge in [-0.05, 0) is 43.0 Å². The Hall–Kier alpha value is -3.29. The Kier molecular flexibility index (Phi) is 5.74. The number of amides is 1. The zero-order valence-corrected chi connectivity index (χ0v) is 16.2. The molecule has 0 fully saturated rings. The third kappa shape index (κ3) is 4.17. The molecule has 0 atom stereocenters. The topological polar surface area (TPSA) is 75.3 Å². The quantitative estimate of drug-likeness (QED) is 0.667. The monoisotopic (exact) mass is 413 g/mol. The number of anilines is 1. The van der Waals surface area contributed by atoms with E-state index in [1.165, 1.54) is 11.0 Å². The van der Waals surface area contributed by atoms with E-state index in [1.807, 2.05) is 12.1 Å². The van der Waals surface area contributed by atoms with Crippen LogP contribution < -0.4 is 15.2 Å². The summed E-state index contributed by atoms with van der Waals surface area (Å²) in [4.78, 5) is 33.8. The highest BCUT2D eigenvalue weighted by Crippen LogP contribution is 2.37. The molecule has 1 aromatic heterocycles. The lowest BCUT2D eigenvalue weighted by molar-refractivity contribution is -0.118. The summed E-state index contributed by atoms with van der Waals surface area (Å²) in [7, 11) is 0. The van der Waals surface area contributed by atoms with Crippen LogP contribution in [0.4, 0.5) is 14.5 Å². The maximum Gasteiger partial charge on any atom is 0.387 e. The first-order valence-electron chi connectivity index (χ1n) is 9.88. The van der Waals surface area contributed by atoms with E-state index in [9.17, 15) is 18.4 Å². The zero-order valence-electron chi connectivity index (χ0n) is 16.2. The van der Waals surface area contributed by atoms with Crippen molar-refractivity contribution < 1.29 is 18.3 Å². The number of hydrogen-bond donors (Lipinski definition) is 1. The van der Waals surface area contributed by atoms with Crippen molar-refractivity contribution in [2.75, 3.05) is 11.4 Å². The van der Waals surface area contributed by atoms with Gasteiger partial charge in [-0.1, -0.05) is 24.3 Å². The van der Waals surface area contributed by atoms with Crippen LogP contribution in [-0.2, 0) is 17.6 Å². The van der Waals surface area contributed by atoms with Crippen LogP contribution in [0, 0.1) is 0 Å². The first-order valence-corrected chi connectivity index (χ1v) is 9.88. The molecule has 1 amide bonds. The summed E-state index contributed by atoms with van der Waals surface area (Å²) in [6.07, 6.45) is 2.59. The molecule has 1 aliphatic heterocycles. The van der Waals surface area contributed by atoms with Gasteiger partial charge < -0.3 is 14.6 Å². The van der Waals surface area contributed by atoms with Crippen LogP contribution in [0.5, 0.6) is 5.75 Å². The molecule has 0 bridgehead atoms. The lowest BCUT2D eigenvalue weighted by atomic mass is 10.00. The first kappa shape index (κ1) is 20.0. The highest BCUT2D eigenvalue weighted by molar-refractivity contribution is 5.96. The molecule has 1 aliphatic rings. The van der Waals surface area contributed by atoms with Crippen LogP contribution in [0.1, 0.15) is 30.7 Å². The molecule has 4 rings (SSSR count).